The Morgan fingerprint density at radius 2 is 1.76 bits per heavy atom. The lowest BCUT2D eigenvalue weighted by Gasteiger charge is -2.26. The second-order valence-corrected chi connectivity index (χ2v) is 10.8. The number of amides is 1. The number of carbonyl (C=O) groups is 1. The predicted molar refractivity (Wildman–Crippen MR) is 117 cm³/mol. The van der Waals surface area contributed by atoms with Crippen molar-refractivity contribution in [1.29, 1.82) is 0 Å². The van der Waals surface area contributed by atoms with Gasteiger partial charge in [-0.1, -0.05) is 44.5 Å². The molecule has 2 heterocycles. The molecule has 1 aromatic rings. The Labute approximate surface area is 178 Å². The van der Waals surface area contributed by atoms with Crippen LogP contribution in [-0.2, 0) is 14.8 Å². The van der Waals surface area contributed by atoms with Crippen LogP contribution in [0.3, 0.4) is 0 Å². The molecule has 0 spiro atoms. The third kappa shape index (κ3) is 5.01. The molecule has 0 radical (unpaired) electrons. The van der Waals surface area contributed by atoms with E-state index in [1.54, 1.807) is 31.2 Å². The minimum atomic E-state index is -3.76. The monoisotopic (exact) mass is 437 g/mol. The van der Waals surface area contributed by atoms with Crippen molar-refractivity contribution in [2.75, 3.05) is 26.2 Å². The highest BCUT2D eigenvalue weighted by molar-refractivity contribution is 8.00. The van der Waals surface area contributed by atoms with Crippen LogP contribution in [0.2, 0.25) is 5.02 Å². The van der Waals surface area contributed by atoms with Crippen LogP contribution in [0.1, 0.15) is 46.1 Å². The maximum Gasteiger partial charge on any atom is 0.285 e. The van der Waals surface area contributed by atoms with Gasteiger partial charge >= 0.3 is 0 Å². The van der Waals surface area contributed by atoms with Crippen LogP contribution in [-0.4, -0.2) is 56.1 Å². The summed E-state index contributed by atoms with van der Waals surface area (Å²) in [7, 11) is -3.76. The number of amidine groups is 1. The van der Waals surface area contributed by atoms with Gasteiger partial charge in [0.15, 0.2) is 0 Å². The highest BCUT2D eigenvalue weighted by Crippen LogP contribution is 2.34. The summed E-state index contributed by atoms with van der Waals surface area (Å²) in [6.45, 7) is 10.4. The number of carbonyl (C=O) groups excluding carboxylic acids is 1. The SMILES string of the molecule is CC1=C(c2ccc(Cl)cc2)S(=O)(=O)N=C1N1CCCN(C(=O)CC(C)(C)C)CC1. The first-order valence-corrected chi connectivity index (χ1v) is 11.6. The Morgan fingerprint density at radius 3 is 2.38 bits per heavy atom. The summed E-state index contributed by atoms with van der Waals surface area (Å²) in [5.41, 5.74) is 1.17. The van der Waals surface area contributed by atoms with Crippen molar-refractivity contribution in [3.05, 3.63) is 40.4 Å². The highest BCUT2D eigenvalue weighted by atomic mass is 35.5. The number of halogens is 1. The van der Waals surface area contributed by atoms with Gasteiger partial charge in [-0.05, 0) is 36.5 Å². The van der Waals surface area contributed by atoms with E-state index in [1.807, 2.05) is 9.80 Å². The molecule has 2 aliphatic heterocycles. The van der Waals surface area contributed by atoms with E-state index in [1.165, 1.54) is 0 Å². The van der Waals surface area contributed by atoms with Crippen molar-refractivity contribution in [3.8, 4) is 0 Å². The van der Waals surface area contributed by atoms with Crippen LogP contribution < -0.4 is 0 Å². The second kappa shape index (κ2) is 8.11. The molecule has 1 fully saturated rings. The fourth-order valence-electron chi connectivity index (χ4n) is 3.73. The summed E-state index contributed by atoms with van der Waals surface area (Å²) in [5.74, 6) is 0.634. The maximum absolute atomic E-state index is 12.8. The van der Waals surface area contributed by atoms with Gasteiger partial charge in [0.2, 0.25) is 5.91 Å². The van der Waals surface area contributed by atoms with E-state index in [0.29, 0.717) is 54.6 Å². The Hall–Kier alpha value is -1.86. The Morgan fingerprint density at radius 1 is 1.10 bits per heavy atom. The van der Waals surface area contributed by atoms with Gasteiger partial charge in [0.1, 0.15) is 10.7 Å². The Kier molecular flexibility index (Phi) is 6.11. The summed E-state index contributed by atoms with van der Waals surface area (Å²) in [6, 6.07) is 6.75. The van der Waals surface area contributed by atoms with Gasteiger partial charge < -0.3 is 9.80 Å². The molecule has 0 aliphatic carbocycles. The van der Waals surface area contributed by atoms with Crippen LogP contribution in [0.4, 0.5) is 0 Å². The zero-order valence-corrected chi connectivity index (χ0v) is 19.0. The van der Waals surface area contributed by atoms with Crippen LogP contribution in [0.5, 0.6) is 0 Å². The standard InChI is InChI=1S/C21H28ClN3O3S/c1-15-19(16-6-8-17(22)9-7-16)29(27,28)23-20(15)25-11-5-10-24(12-13-25)18(26)14-21(2,3)4/h6-9H,5,10-14H2,1-4H3. The summed E-state index contributed by atoms with van der Waals surface area (Å²) < 4.78 is 29.6. The molecule has 29 heavy (non-hydrogen) atoms. The van der Waals surface area contributed by atoms with E-state index < -0.39 is 10.0 Å². The lowest BCUT2D eigenvalue weighted by molar-refractivity contribution is -0.132. The summed E-state index contributed by atoms with van der Waals surface area (Å²) >= 11 is 5.94. The second-order valence-electron chi connectivity index (χ2n) is 8.81. The predicted octanol–water partition coefficient (Wildman–Crippen LogP) is 3.78. The average molecular weight is 438 g/mol. The molecule has 8 heteroatoms. The molecule has 1 amide bonds. The lowest BCUT2D eigenvalue weighted by atomic mass is 9.91. The molecule has 1 aromatic carbocycles. The van der Waals surface area contributed by atoms with Crippen LogP contribution in [0, 0.1) is 5.41 Å². The van der Waals surface area contributed by atoms with Crippen molar-refractivity contribution in [2.45, 2.75) is 40.5 Å². The average Bonchev–Trinajstić information content (AvgIpc) is 2.78. The first kappa shape index (κ1) is 21.8. The molecular formula is C21H28ClN3O3S. The van der Waals surface area contributed by atoms with Gasteiger partial charge in [-0.2, -0.15) is 8.42 Å². The van der Waals surface area contributed by atoms with Gasteiger partial charge in [0, 0.05) is 43.2 Å². The van der Waals surface area contributed by atoms with Crippen molar-refractivity contribution in [2.24, 2.45) is 9.81 Å². The molecule has 2 aliphatic rings. The molecule has 0 aromatic heterocycles. The van der Waals surface area contributed by atoms with E-state index in [2.05, 4.69) is 25.2 Å². The molecule has 158 valence electrons. The van der Waals surface area contributed by atoms with E-state index in [4.69, 9.17) is 11.6 Å². The van der Waals surface area contributed by atoms with E-state index >= 15 is 0 Å². The summed E-state index contributed by atoms with van der Waals surface area (Å²) in [6.07, 6.45) is 1.28. The zero-order chi connectivity index (χ0) is 21.4. The number of rotatable bonds is 2. The fourth-order valence-corrected chi connectivity index (χ4v) is 5.34. The number of nitrogens with zero attached hydrogens (tertiary/aromatic N) is 3. The fraction of sp³-hybridized carbons (Fsp3) is 0.524. The molecule has 0 N–H and O–H groups in total. The molecular weight excluding hydrogens is 410 g/mol. The van der Waals surface area contributed by atoms with Gasteiger partial charge in [-0.25, -0.2) is 0 Å². The van der Waals surface area contributed by atoms with Gasteiger partial charge in [0.25, 0.3) is 10.0 Å². The molecule has 0 atom stereocenters. The first-order valence-electron chi connectivity index (χ1n) is 9.83. The Bertz CT molecular complexity index is 960. The molecule has 3 rings (SSSR count). The number of hydrogen-bond acceptors (Lipinski definition) is 4. The largest absolute Gasteiger partial charge is 0.354 e. The van der Waals surface area contributed by atoms with E-state index in [0.717, 1.165) is 6.42 Å². The number of sulfonamides is 1. The quantitative estimate of drug-likeness (QED) is 0.705. The lowest BCUT2D eigenvalue weighted by Crippen LogP contribution is -2.38. The summed E-state index contributed by atoms with van der Waals surface area (Å²) in [5, 5.41) is 0.552. The third-order valence-electron chi connectivity index (χ3n) is 5.08. The number of hydrogen-bond donors (Lipinski definition) is 0. The normalized spacial score (nSPS) is 20.0. The Balaban J connectivity index is 1.80. The first-order chi connectivity index (χ1) is 13.5. The minimum absolute atomic E-state index is 0.0561. The van der Waals surface area contributed by atoms with Gasteiger partial charge in [-0.3, -0.25) is 4.79 Å². The highest BCUT2D eigenvalue weighted by Gasteiger charge is 2.34. The van der Waals surface area contributed by atoms with Crippen LogP contribution >= 0.6 is 11.6 Å². The van der Waals surface area contributed by atoms with Gasteiger partial charge in [-0.15, -0.1) is 4.40 Å². The van der Waals surface area contributed by atoms with Crippen LogP contribution in [0.25, 0.3) is 4.91 Å². The molecule has 6 nitrogen and oxygen atoms in total. The van der Waals surface area contributed by atoms with Crippen molar-refractivity contribution >= 4 is 38.3 Å². The zero-order valence-electron chi connectivity index (χ0n) is 17.4. The van der Waals surface area contributed by atoms with Crippen molar-refractivity contribution < 1.29 is 13.2 Å². The topological polar surface area (TPSA) is 70.1 Å². The van der Waals surface area contributed by atoms with Gasteiger partial charge in [0.05, 0.1) is 0 Å². The van der Waals surface area contributed by atoms with Crippen LogP contribution in [0.15, 0.2) is 34.2 Å². The third-order valence-corrected chi connectivity index (χ3v) is 6.80. The number of benzene rings is 1. The summed E-state index contributed by atoms with van der Waals surface area (Å²) in [4.78, 5) is 16.7. The smallest absolute Gasteiger partial charge is 0.285 e. The van der Waals surface area contributed by atoms with Crippen molar-refractivity contribution in [1.82, 2.24) is 9.80 Å². The molecule has 0 unspecified atom stereocenters. The van der Waals surface area contributed by atoms with Crippen molar-refractivity contribution in [3.63, 3.8) is 0 Å². The minimum Gasteiger partial charge on any atom is -0.354 e. The molecule has 0 saturated carbocycles. The van der Waals surface area contributed by atoms with E-state index in [-0.39, 0.29) is 16.2 Å². The van der Waals surface area contributed by atoms with E-state index in [9.17, 15) is 13.2 Å². The molecule has 0 bridgehead atoms. The molecule has 1 saturated heterocycles. The maximum atomic E-state index is 12.8.